The number of rotatable bonds is 10. The van der Waals surface area contributed by atoms with E-state index in [9.17, 15) is 9.59 Å². The number of carbonyl (C=O) groups excluding carboxylic acids is 2. The molecule has 4 rings (SSSR count). The number of hydrogen-bond donors (Lipinski definition) is 0. The molecule has 5 nitrogen and oxygen atoms in total. The third-order valence-electron chi connectivity index (χ3n) is 8.25. The zero-order chi connectivity index (χ0) is 28.8. The van der Waals surface area contributed by atoms with Crippen molar-refractivity contribution in [1.29, 1.82) is 0 Å². The lowest BCUT2D eigenvalue weighted by Crippen LogP contribution is -2.86. The van der Waals surface area contributed by atoms with Crippen molar-refractivity contribution in [2.75, 3.05) is 0 Å². The Morgan fingerprint density at radius 1 is 0.897 bits per heavy atom. The van der Waals surface area contributed by atoms with Crippen molar-refractivity contribution in [2.24, 2.45) is 5.92 Å². The number of carbonyl (C=O) groups is 2. The molecule has 2 aliphatic rings. The van der Waals surface area contributed by atoms with Gasteiger partial charge in [0.1, 0.15) is 11.6 Å². The zero-order valence-electron chi connectivity index (χ0n) is 25.0. The van der Waals surface area contributed by atoms with Crippen LogP contribution in [0.15, 0.2) is 73.3 Å². The van der Waals surface area contributed by atoms with Crippen LogP contribution < -0.4 is 0 Å². The second-order valence-electron chi connectivity index (χ2n) is 13.8. The lowest BCUT2D eigenvalue weighted by molar-refractivity contribution is -0.177. The van der Waals surface area contributed by atoms with Gasteiger partial charge in [0.2, 0.25) is 0 Å². The Morgan fingerprint density at radius 2 is 1.41 bits per heavy atom. The minimum absolute atomic E-state index is 0.0643. The Balaban J connectivity index is 1.92. The van der Waals surface area contributed by atoms with Gasteiger partial charge in [0.15, 0.2) is 6.10 Å². The van der Waals surface area contributed by atoms with Crippen LogP contribution in [0.4, 0.5) is 4.79 Å². The molecule has 0 aliphatic carbocycles. The van der Waals surface area contributed by atoms with Gasteiger partial charge < -0.3 is 9.64 Å². The van der Waals surface area contributed by atoms with Crippen molar-refractivity contribution in [2.45, 2.75) is 95.0 Å². The molecule has 0 aromatic heterocycles. The molecule has 210 valence electrons. The molecule has 2 heterocycles. The van der Waals surface area contributed by atoms with Crippen molar-refractivity contribution in [3.63, 3.8) is 0 Å². The third-order valence-corrected chi connectivity index (χ3v) is 17.3. The highest BCUT2D eigenvalue weighted by molar-refractivity contribution is 6.96. The first kappa shape index (κ1) is 29.3. The molecule has 2 amide bonds. The normalized spacial score (nSPS) is 25.7. The van der Waals surface area contributed by atoms with E-state index in [0.717, 1.165) is 17.5 Å². The van der Waals surface area contributed by atoms with Crippen LogP contribution in [0.2, 0.25) is 39.3 Å². The molecule has 0 saturated carbocycles. The Labute approximate surface area is 237 Å². The van der Waals surface area contributed by atoms with E-state index in [4.69, 9.17) is 4.74 Å². The molecule has 2 aliphatic heterocycles. The first-order valence-corrected chi connectivity index (χ1v) is 21.4. The van der Waals surface area contributed by atoms with Crippen molar-refractivity contribution < 1.29 is 14.3 Å². The summed E-state index contributed by atoms with van der Waals surface area (Å²) in [6.07, 6.45) is 2.13. The Bertz CT molecular complexity index is 1180. The Morgan fingerprint density at radius 3 is 1.87 bits per heavy atom. The number of cyclic esters (lactones) is 1. The van der Waals surface area contributed by atoms with Gasteiger partial charge in [0, 0.05) is 5.29 Å². The largest absolute Gasteiger partial charge is 0.439 e. The molecule has 2 saturated heterocycles. The first-order valence-electron chi connectivity index (χ1n) is 14.3. The van der Waals surface area contributed by atoms with E-state index in [1.807, 2.05) is 71.6 Å². The average molecular weight is 563 g/mol. The van der Waals surface area contributed by atoms with Crippen molar-refractivity contribution in [3.05, 3.63) is 84.4 Å². The van der Waals surface area contributed by atoms with E-state index in [-0.39, 0.29) is 17.2 Å². The molecular weight excluding hydrogens is 517 g/mol. The smallest absolute Gasteiger partial charge is 0.412 e. The van der Waals surface area contributed by atoms with Crippen molar-refractivity contribution in [3.8, 4) is 0 Å². The molecule has 7 heteroatoms. The number of hydrogen-bond acceptors (Lipinski definition) is 3. The highest BCUT2D eigenvalue weighted by atomic mass is 28.4. The van der Waals surface area contributed by atoms with E-state index in [0.29, 0.717) is 12.3 Å². The average Bonchev–Trinajstić information content (AvgIpc) is 3.21. The quantitative estimate of drug-likeness (QED) is 0.170. The Kier molecular flexibility index (Phi) is 8.07. The topological polar surface area (TPSA) is 49.9 Å². The summed E-state index contributed by atoms with van der Waals surface area (Å²) in [5.74, 6) is 0.423. The van der Waals surface area contributed by atoms with E-state index < -0.39 is 39.9 Å². The van der Waals surface area contributed by atoms with Crippen LogP contribution in [0.25, 0.3) is 0 Å². The number of ether oxygens (including phenoxy) is 1. The number of nitrogens with zero attached hydrogens (tertiary/aromatic N) is 2. The fourth-order valence-electron chi connectivity index (χ4n) is 7.42. The molecule has 2 aromatic rings. The van der Waals surface area contributed by atoms with Crippen molar-refractivity contribution >= 4 is 28.1 Å². The molecule has 0 unspecified atom stereocenters. The summed E-state index contributed by atoms with van der Waals surface area (Å²) in [4.78, 5) is 32.9. The Hall–Kier alpha value is -2.65. The monoisotopic (exact) mass is 562 g/mol. The van der Waals surface area contributed by atoms with E-state index >= 15 is 0 Å². The minimum atomic E-state index is -1.77. The summed E-state index contributed by atoms with van der Waals surface area (Å²) in [7, 11) is -3.54. The molecule has 2 fully saturated rings. The lowest BCUT2D eigenvalue weighted by atomic mass is 9.70. The maximum absolute atomic E-state index is 14.8. The highest BCUT2D eigenvalue weighted by Gasteiger charge is 2.71. The van der Waals surface area contributed by atoms with Gasteiger partial charge in [0.25, 0.3) is 5.91 Å². The molecule has 0 bridgehead atoms. The summed E-state index contributed by atoms with van der Waals surface area (Å²) >= 11 is 0. The summed E-state index contributed by atoms with van der Waals surface area (Å²) in [6.45, 7) is 22.8. The third kappa shape index (κ3) is 5.15. The van der Waals surface area contributed by atoms with Gasteiger partial charge in [-0.3, -0.25) is 9.69 Å². The van der Waals surface area contributed by atoms with Gasteiger partial charge in [-0.25, -0.2) is 4.79 Å². The van der Waals surface area contributed by atoms with Crippen LogP contribution in [0.3, 0.4) is 0 Å². The van der Waals surface area contributed by atoms with Gasteiger partial charge in [-0.2, -0.15) is 0 Å². The van der Waals surface area contributed by atoms with Gasteiger partial charge in [0.05, 0.1) is 22.2 Å². The van der Waals surface area contributed by atoms with E-state index in [2.05, 4.69) is 64.6 Å². The van der Waals surface area contributed by atoms with Gasteiger partial charge in [-0.1, -0.05) is 120 Å². The van der Waals surface area contributed by atoms with Crippen LogP contribution in [-0.4, -0.2) is 54.8 Å². The van der Waals surface area contributed by atoms with Crippen LogP contribution in [-0.2, 0) is 9.53 Å². The molecule has 2 aromatic carbocycles. The second-order valence-corrected chi connectivity index (χ2v) is 25.0. The number of β-lactam (4-membered cyclic amide) rings is 1. The number of amides is 2. The van der Waals surface area contributed by atoms with Gasteiger partial charge in [-0.15, -0.1) is 6.58 Å². The zero-order valence-corrected chi connectivity index (χ0v) is 27.0. The number of benzene rings is 2. The first-order chi connectivity index (χ1) is 18.2. The predicted molar refractivity (Wildman–Crippen MR) is 165 cm³/mol. The van der Waals surface area contributed by atoms with Crippen LogP contribution in [0.5, 0.6) is 0 Å². The van der Waals surface area contributed by atoms with E-state index in [1.54, 1.807) is 0 Å². The minimum Gasteiger partial charge on any atom is -0.439 e. The molecular formula is C32H46N2O3Si2. The molecule has 0 spiro atoms. The van der Waals surface area contributed by atoms with Crippen molar-refractivity contribution in [1.82, 2.24) is 9.80 Å². The fraction of sp³-hybridized carbons (Fsp3) is 0.500. The molecule has 0 radical (unpaired) electrons. The van der Waals surface area contributed by atoms with Gasteiger partial charge >= 0.3 is 6.09 Å². The fourth-order valence-corrected chi connectivity index (χ4v) is 20.1. The van der Waals surface area contributed by atoms with Gasteiger partial charge in [-0.05, 0) is 29.9 Å². The second kappa shape index (κ2) is 10.7. The highest BCUT2D eigenvalue weighted by Crippen LogP contribution is 2.55. The maximum Gasteiger partial charge on any atom is 0.412 e. The summed E-state index contributed by atoms with van der Waals surface area (Å²) < 4.78 is 6.19. The lowest BCUT2D eigenvalue weighted by Gasteiger charge is -2.65. The number of likely N-dealkylation sites (tertiary alicyclic amines) is 1. The molecule has 39 heavy (non-hydrogen) atoms. The summed E-state index contributed by atoms with van der Waals surface area (Å²) in [6, 6.07) is 19.5. The molecule has 4 atom stereocenters. The summed E-state index contributed by atoms with van der Waals surface area (Å²) in [5, 5.41) is 0.262. The molecule has 0 N–H and O–H groups in total. The SMILES string of the molecule is C=CC[C@]1(N2C(=O)O[C@H](c3ccccc3)[C@@H]2c2ccccc2)C(=O)N(C([Si](C)(C)C)[Si](C)(C)C)[C@@H]1CC(C)C. The van der Waals surface area contributed by atoms with Crippen LogP contribution in [0, 0.1) is 5.92 Å². The van der Waals surface area contributed by atoms with E-state index in [1.165, 1.54) is 0 Å². The maximum atomic E-state index is 14.8. The predicted octanol–water partition coefficient (Wildman–Crippen LogP) is 7.62. The van der Waals surface area contributed by atoms with Crippen LogP contribution >= 0.6 is 0 Å². The van der Waals surface area contributed by atoms with Crippen LogP contribution in [0.1, 0.15) is 50.0 Å². The summed E-state index contributed by atoms with van der Waals surface area (Å²) in [5.41, 5.74) is 0.884. The standard InChI is InChI=1S/C32H46N2O3Si2/c1-10-21-32(26(22-23(2)3)33(29(32)35)31(38(4,5)6)39(7,8)9)34-27(24-17-13-11-14-18-24)28(37-30(34)36)25-19-15-12-16-20-25/h10-20,23,26-28,31H,1,21-22H2,2-9H3/t26-,27+,28-,32-/m1/s1.